The van der Waals surface area contributed by atoms with Crippen molar-refractivity contribution in [3.05, 3.63) is 94.5 Å². The van der Waals surface area contributed by atoms with Crippen LogP contribution in [0.1, 0.15) is 17.0 Å². The second-order valence-corrected chi connectivity index (χ2v) is 8.18. The van der Waals surface area contributed by atoms with Crippen LogP contribution in [-0.2, 0) is 11.3 Å². The van der Waals surface area contributed by atoms with Crippen LogP contribution in [0.4, 0.5) is 9.18 Å². The van der Waals surface area contributed by atoms with E-state index in [1.807, 2.05) is 48.5 Å². The summed E-state index contributed by atoms with van der Waals surface area (Å²) in [6.45, 7) is 0.325. The number of carbonyl (C=O) groups is 1. The Morgan fingerprint density at radius 3 is 2.53 bits per heavy atom. The van der Waals surface area contributed by atoms with Crippen LogP contribution >= 0.6 is 0 Å². The number of benzene rings is 2. The van der Waals surface area contributed by atoms with Crippen LogP contribution in [0.3, 0.4) is 0 Å². The van der Waals surface area contributed by atoms with Gasteiger partial charge in [0.2, 0.25) is 0 Å². The lowest BCUT2D eigenvalue weighted by Gasteiger charge is -2.45. The van der Waals surface area contributed by atoms with Crippen LogP contribution in [0.2, 0.25) is 0 Å². The van der Waals surface area contributed by atoms with Crippen molar-refractivity contribution in [2.75, 3.05) is 13.1 Å². The van der Waals surface area contributed by atoms with Gasteiger partial charge >= 0.3 is 6.09 Å². The Kier molecular flexibility index (Phi) is 6.04. The van der Waals surface area contributed by atoms with E-state index < -0.39 is 29.2 Å². The summed E-state index contributed by atoms with van der Waals surface area (Å²) in [4.78, 5) is 14.3. The Labute approximate surface area is 196 Å². The highest BCUT2D eigenvalue weighted by molar-refractivity contribution is 5.69. The summed E-state index contributed by atoms with van der Waals surface area (Å²) < 4.78 is 19.6. The third-order valence-corrected chi connectivity index (χ3v) is 6.34. The molecular formula is C26H20FN5O2. The van der Waals surface area contributed by atoms with Gasteiger partial charge in [0.1, 0.15) is 18.5 Å². The average molecular weight is 453 g/mol. The van der Waals surface area contributed by atoms with Gasteiger partial charge in [0, 0.05) is 24.9 Å². The predicted molar refractivity (Wildman–Crippen MR) is 119 cm³/mol. The molecule has 1 amide bonds. The number of ether oxygens (including phenoxy) is 1. The first-order valence-corrected chi connectivity index (χ1v) is 10.6. The number of allylic oxidation sites excluding steroid dienone is 2. The highest BCUT2D eigenvalue weighted by Gasteiger charge is 2.54. The number of amides is 1. The summed E-state index contributed by atoms with van der Waals surface area (Å²) in [7, 11) is 0. The van der Waals surface area contributed by atoms with Gasteiger partial charge in [0.25, 0.3) is 0 Å². The van der Waals surface area contributed by atoms with Gasteiger partial charge in [-0.15, -0.1) is 0 Å². The SMILES string of the molecule is N#CC1=C(N)C(C#N)(C#N)[C@H](c2cccc(F)c2)[C@H]2CN(C(=O)OCc3ccccc3)CC=C12. The summed E-state index contributed by atoms with van der Waals surface area (Å²) in [5.41, 5.74) is 5.99. The molecule has 2 aromatic carbocycles. The minimum atomic E-state index is -1.90. The number of nitrogens with two attached hydrogens (primary N) is 1. The van der Waals surface area contributed by atoms with Crippen LogP contribution in [0.25, 0.3) is 0 Å². The molecule has 168 valence electrons. The maximum atomic E-state index is 14.2. The third kappa shape index (κ3) is 3.74. The predicted octanol–water partition coefficient (Wildman–Crippen LogP) is 3.89. The molecule has 2 aliphatic rings. The minimum absolute atomic E-state index is 0.0538. The molecule has 7 nitrogen and oxygen atoms in total. The smallest absolute Gasteiger partial charge is 0.410 e. The lowest BCUT2D eigenvalue weighted by Crippen LogP contribution is -2.49. The Bertz CT molecular complexity index is 1300. The van der Waals surface area contributed by atoms with Crippen molar-refractivity contribution in [2.45, 2.75) is 12.5 Å². The normalized spacial score (nSPS) is 20.8. The molecule has 8 heteroatoms. The maximum Gasteiger partial charge on any atom is 0.410 e. The zero-order valence-corrected chi connectivity index (χ0v) is 18.1. The Balaban J connectivity index is 1.74. The number of nitriles is 3. The largest absolute Gasteiger partial charge is 0.445 e. The summed E-state index contributed by atoms with van der Waals surface area (Å²) >= 11 is 0. The molecule has 0 fully saturated rings. The molecule has 0 saturated heterocycles. The van der Waals surface area contributed by atoms with Gasteiger partial charge in [-0.1, -0.05) is 48.5 Å². The molecule has 1 aliphatic heterocycles. The number of halogens is 1. The van der Waals surface area contributed by atoms with Crippen LogP contribution in [-0.4, -0.2) is 24.1 Å². The number of fused-ring (bicyclic) bond motifs is 1. The molecule has 2 N–H and O–H groups in total. The second-order valence-electron chi connectivity index (χ2n) is 8.18. The van der Waals surface area contributed by atoms with Gasteiger partial charge in [0.05, 0.1) is 23.4 Å². The molecule has 1 heterocycles. The molecule has 4 rings (SSSR count). The lowest BCUT2D eigenvalue weighted by molar-refractivity contribution is 0.0898. The number of rotatable bonds is 3. The Morgan fingerprint density at radius 1 is 1.15 bits per heavy atom. The lowest BCUT2D eigenvalue weighted by atomic mass is 9.58. The van der Waals surface area contributed by atoms with E-state index in [-0.39, 0.29) is 31.0 Å². The van der Waals surface area contributed by atoms with Crippen LogP contribution < -0.4 is 5.73 Å². The summed E-state index contributed by atoms with van der Waals surface area (Å²) in [5, 5.41) is 30.0. The first kappa shape index (κ1) is 22.6. The van der Waals surface area contributed by atoms with Crippen molar-refractivity contribution in [3.8, 4) is 18.2 Å². The topological polar surface area (TPSA) is 127 Å². The number of hydrogen-bond acceptors (Lipinski definition) is 6. The zero-order valence-electron chi connectivity index (χ0n) is 18.1. The second kappa shape index (κ2) is 9.10. The van der Waals surface area contributed by atoms with Crippen LogP contribution in [0, 0.1) is 51.1 Å². The van der Waals surface area contributed by atoms with Gasteiger partial charge in [-0.2, -0.15) is 15.8 Å². The molecule has 0 saturated carbocycles. The Hall–Kier alpha value is -4.61. The standard InChI is InChI=1S/C26H20FN5O2/c27-19-8-4-7-18(11-19)23-22-13-32(25(33)34-14-17-5-2-1-3-6-17)10-9-20(22)21(12-28)24(31)26(23,15-29)16-30/h1-9,11,22-23H,10,13-14,31H2/t22-,23+/m0/s1. The van der Waals surface area contributed by atoms with E-state index in [2.05, 4.69) is 0 Å². The van der Waals surface area contributed by atoms with Crippen molar-refractivity contribution in [1.29, 1.82) is 15.8 Å². The molecule has 1 aliphatic carbocycles. The molecule has 2 aromatic rings. The average Bonchev–Trinajstić information content (AvgIpc) is 2.87. The summed E-state index contributed by atoms with van der Waals surface area (Å²) in [6, 6.07) is 20.9. The molecule has 0 aromatic heterocycles. The van der Waals surface area contributed by atoms with E-state index in [1.165, 1.54) is 23.1 Å². The van der Waals surface area contributed by atoms with Gasteiger partial charge in [-0.25, -0.2) is 9.18 Å². The number of nitrogens with zero attached hydrogens (tertiary/aromatic N) is 4. The van der Waals surface area contributed by atoms with Crippen molar-refractivity contribution in [3.63, 3.8) is 0 Å². The zero-order chi connectivity index (χ0) is 24.3. The third-order valence-electron chi connectivity index (χ3n) is 6.34. The van der Waals surface area contributed by atoms with Crippen LogP contribution in [0.15, 0.2) is 77.5 Å². The monoisotopic (exact) mass is 453 g/mol. The number of carbonyl (C=O) groups excluding carboxylic acids is 1. The summed E-state index contributed by atoms with van der Waals surface area (Å²) in [6.07, 6.45) is 1.12. The quantitative estimate of drug-likeness (QED) is 0.751. The molecule has 0 unspecified atom stereocenters. The van der Waals surface area contributed by atoms with Gasteiger partial charge < -0.3 is 15.4 Å². The van der Waals surface area contributed by atoms with Crippen molar-refractivity contribution < 1.29 is 13.9 Å². The van der Waals surface area contributed by atoms with Gasteiger partial charge in [-0.05, 0) is 28.8 Å². The fourth-order valence-corrected chi connectivity index (χ4v) is 4.72. The first-order chi connectivity index (χ1) is 16.4. The molecule has 0 spiro atoms. The van der Waals surface area contributed by atoms with Crippen LogP contribution in [0.5, 0.6) is 0 Å². The highest BCUT2D eigenvalue weighted by Crippen LogP contribution is 2.54. The molecule has 2 atom stereocenters. The molecule has 34 heavy (non-hydrogen) atoms. The van der Waals surface area contributed by atoms with E-state index in [4.69, 9.17) is 10.5 Å². The van der Waals surface area contributed by atoms with E-state index in [0.717, 1.165) is 5.56 Å². The maximum absolute atomic E-state index is 14.2. The molecule has 0 radical (unpaired) electrons. The van der Waals surface area contributed by atoms with Crippen molar-refractivity contribution in [2.24, 2.45) is 17.1 Å². The van der Waals surface area contributed by atoms with Crippen molar-refractivity contribution in [1.82, 2.24) is 4.90 Å². The van der Waals surface area contributed by atoms with Gasteiger partial charge in [0.15, 0.2) is 5.41 Å². The fourth-order valence-electron chi connectivity index (χ4n) is 4.72. The summed E-state index contributed by atoms with van der Waals surface area (Å²) in [5.74, 6) is -2.07. The van der Waals surface area contributed by atoms with Gasteiger partial charge in [-0.3, -0.25) is 0 Å². The van der Waals surface area contributed by atoms with E-state index in [0.29, 0.717) is 11.1 Å². The van der Waals surface area contributed by atoms with Crippen molar-refractivity contribution >= 4 is 6.09 Å². The first-order valence-electron chi connectivity index (χ1n) is 10.6. The fraction of sp³-hybridized carbons (Fsp3) is 0.231. The molecular weight excluding hydrogens is 433 g/mol. The highest BCUT2D eigenvalue weighted by atomic mass is 19.1. The van der Waals surface area contributed by atoms with E-state index in [9.17, 15) is 25.0 Å². The Morgan fingerprint density at radius 2 is 1.88 bits per heavy atom. The minimum Gasteiger partial charge on any atom is -0.445 e. The van der Waals surface area contributed by atoms with E-state index in [1.54, 1.807) is 12.1 Å². The van der Waals surface area contributed by atoms with E-state index >= 15 is 0 Å². The molecule has 0 bridgehead atoms. The number of hydrogen-bond donors (Lipinski definition) is 1.